The first-order chi connectivity index (χ1) is 41.0. The van der Waals surface area contributed by atoms with E-state index in [2.05, 4.69) is 39.0 Å². The Balaban J connectivity index is 0.00000724. The average Bonchev–Trinajstić information content (AvgIpc) is 1.80. The topological polar surface area (TPSA) is 72.2 Å². The van der Waals surface area contributed by atoms with Gasteiger partial charge in [0.2, 0.25) is 0 Å². The fourth-order valence-electron chi connectivity index (χ4n) is 9.53. The van der Waals surface area contributed by atoms with Crippen LogP contribution in [-0.2, 0) is 26.5 Å². The van der Waals surface area contributed by atoms with E-state index in [1.54, 1.807) is 36.0 Å². The van der Waals surface area contributed by atoms with Gasteiger partial charge in [0.15, 0.2) is 11.6 Å². The molecule has 370 valence electrons. The molecule has 1 aliphatic rings. The number of nitrogens with zero attached hydrogens (tertiary/aromatic N) is 7. The van der Waals surface area contributed by atoms with Crippen LogP contribution >= 0.6 is 0 Å². The molecular formula is C67H48N7OPt-3. The van der Waals surface area contributed by atoms with Gasteiger partial charge in [0, 0.05) is 83.6 Å². The van der Waals surface area contributed by atoms with Gasteiger partial charge in [-0.15, -0.1) is 53.6 Å². The molecule has 0 aliphatic carbocycles. The smallest absolute Gasteiger partial charge is 0.162 e. The fraction of sp³-hybridized carbons (Fsp3) is 0.0597. The maximum atomic E-state index is 9.20. The van der Waals surface area contributed by atoms with Crippen molar-refractivity contribution in [3.8, 4) is 73.7 Å². The van der Waals surface area contributed by atoms with Crippen LogP contribution in [0.15, 0.2) is 230 Å². The van der Waals surface area contributed by atoms with Crippen LogP contribution in [0.3, 0.4) is 0 Å². The second-order valence-corrected chi connectivity index (χ2v) is 18.9. The Morgan fingerprint density at radius 3 is 1.72 bits per heavy atom. The molecule has 0 fully saturated rings. The second-order valence-electron chi connectivity index (χ2n) is 18.9. The number of rotatable bonds is 10. The maximum Gasteiger partial charge on any atom is 0.162 e. The molecule has 0 radical (unpaired) electrons. The fourth-order valence-corrected chi connectivity index (χ4v) is 9.53. The van der Waals surface area contributed by atoms with E-state index in [1.165, 1.54) is 0 Å². The van der Waals surface area contributed by atoms with Gasteiger partial charge in [-0.1, -0.05) is 202 Å². The number of benzene rings is 9. The average molecular weight is 1170 g/mol. The molecule has 0 saturated heterocycles. The number of hydrogen-bond donors (Lipinski definition) is 0. The zero-order chi connectivity index (χ0) is 59.2. The summed E-state index contributed by atoms with van der Waals surface area (Å²) in [5.41, 5.74) is 5.88. The van der Waals surface area contributed by atoms with Crippen LogP contribution < -0.4 is 14.5 Å². The van der Waals surface area contributed by atoms with Crippen LogP contribution in [0.25, 0.3) is 84.0 Å². The molecule has 9 heteroatoms. The Morgan fingerprint density at radius 2 is 1.11 bits per heavy atom. The Labute approximate surface area is 470 Å². The van der Waals surface area contributed by atoms with Crippen LogP contribution in [0.2, 0.25) is 0 Å². The SMILES string of the molecule is [2H]c1c([2H])c([2H])c(-c2cccc(-c3c([2H])c([2H])c([2H])c([2H])c3[2H])c2N2[CH-]N(c3[c-]c(Oc4[c-]c5c(cc4-c4nc(-c6ccccc6)nc(-c6ccccc6)n4)c4ccccc4n5-c4ccccn4)cc(C(C)(C)C)c3)c3ccccc32)c([2H])c1[2H].[Pt]. The number of anilines is 4. The molecule has 0 atom stereocenters. The summed E-state index contributed by atoms with van der Waals surface area (Å²) in [6.07, 6.45) is 1.75. The molecule has 1 aliphatic heterocycles. The van der Waals surface area contributed by atoms with Crippen LogP contribution in [0, 0.1) is 18.8 Å². The first-order valence-corrected chi connectivity index (χ1v) is 24.3. The predicted octanol–water partition coefficient (Wildman–Crippen LogP) is 16.8. The third kappa shape index (κ3) is 8.90. The normalized spacial score (nSPS) is 14.0. The molecule has 4 heterocycles. The molecule has 0 N–H and O–H groups in total. The predicted molar refractivity (Wildman–Crippen MR) is 303 cm³/mol. The molecule has 0 unspecified atom stereocenters. The van der Waals surface area contributed by atoms with Gasteiger partial charge in [-0.05, 0) is 57.8 Å². The number of aromatic nitrogens is 5. The van der Waals surface area contributed by atoms with Crippen LogP contribution in [-0.4, -0.2) is 24.5 Å². The third-order valence-corrected chi connectivity index (χ3v) is 13.1. The van der Waals surface area contributed by atoms with E-state index in [1.807, 2.05) is 149 Å². The van der Waals surface area contributed by atoms with Crippen molar-refractivity contribution in [3.05, 3.63) is 255 Å². The van der Waals surface area contributed by atoms with Gasteiger partial charge in [-0.3, -0.25) is 0 Å². The Hall–Kier alpha value is -8.97. The standard InChI is InChI=1S/C67H48N7O.Pt/c1-67(2,3)49-39-50(72-44-73(59-36-19-18-35-58(59)72)63-52(45-23-8-4-9-24-45)32-22-33-53(63)46-25-10-5-11-26-46)41-51(40-49)75-61-43-60-55(54-31-16-17-34-57(54)74(60)62-37-20-21-38-68-62)42-56(61)66-70-64(47-27-12-6-13-28-47)69-65(71-66)48-29-14-7-15-30-48;/h4-40,42,44H,1-3H3;/q-3;/i4D,5D,8D,9D,10D,11D,23D,24D,25D,26D;. The molecule has 3 aromatic heterocycles. The number of para-hydroxylation sites is 4. The van der Waals surface area contributed by atoms with Gasteiger partial charge >= 0.3 is 0 Å². The molecule has 9 aromatic carbocycles. The van der Waals surface area contributed by atoms with Crippen molar-refractivity contribution in [2.45, 2.75) is 26.2 Å². The van der Waals surface area contributed by atoms with E-state index in [4.69, 9.17) is 32.9 Å². The second kappa shape index (κ2) is 20.0. The molecule has 0 saturated carbocycles. The zero-order valence-electron chi connectivity index (χ0n) is 51.1. The summed E-state index contributed by atoms with van der Waals surface area (Å²) in [5, 5.41) is 1.78. The van der Waals surface area contributed by atoms with E-state index in [-0.39, 0.29) is 54.8 Å². The summed E-state index contributed by atoms with van der Waals surface area (Å²) in [5.74, 6) is 2.46. The quantitative estimate of drug-likeness (QED) is 0.126. The Bertz CT molecular complexity index is 4480. The maximum absolute atomic E-state index is 9.20. The van der Waals surface area contributed by atoms with E-state index in [0.29, 0.717) is 57.2 Å². The largest absolute Gasteiger partial charge is 0.508 e. The van der Waals surface area contributed by atoms with E-state index >= 15 is 0 Å². The van der Waals surface area contributed by atoms with Crippen molar-refractivity contribution in [2.75, 3.05) is 9.80 Å². The minimum atomic E-state index is -0.582. The molecule has 13 rings (SSSR count). The first-order valence-electron chi connectivity index (χ1n) is 29.3. The number of hydrogen-bond acceptors (Lipinski definition) is 7. The summed E-state index contributed by atoms with van der Waals surface area (Å²) >= 11 is 0. The van der Waals surface area contributed by atoms with Crippen LogP contribution in [0.1, 0.15) is 40.0 Å². The van der Waals surface area contributed by atoms with Crippen molar-refractivity contribution in [3.63, 3.8) is 0 Å². The van der Waals surface area contributed by atoms with E-state index < -0.39 is 65.8 Å². The van der Waals surface area contributed by atoms with Gasteiger partial charge in [0.1, 0.15) is 11.6 Å². The molecule has 76 heavy (non-hydrogen) atoms. The van der Waals surface area contributed by atoms with Gasteiger partial charge in [-0.25, -0.2) is 19.9 Å². The van der Waals surface area contributed by atoms with Crippen LogP contribution in [0.4, 0.5) is 22.7 Å². The first kappa shape index (κ1) is 37.7. The number of pyridine rings is 1. The summed E-state index contributed by atoms with van der Waals surface area (Å²) in [7, 11) is 0. The minimum absolute atomic E-state index is 0. The minimum Gasteiger partial charge on any atom is -0.508 e. The van der Waals surface area contributed by atoms with E-state index in [9.17, 15) is 5.48 Å². The summed E-state index contributed by atoms with van der Waals surface area (Å²) < 4.78 is 98.0. The van der Waals surface area contributed by atoms with Gasteiger partial charge in [-0.2, -0.15) is 0 Å². The molecular weight excluding hydrogens is 1110 g/mol. The number of ether oxygens (including phenoxy) is 1. The molecule has 8 nitrogen and oxygen atoms in total. The molecule has 0 spiro atoms. The van der Waals surface area contributed by atoms with Gasteiger partial charge in [0.25, 0.3) is 0 Å². The Morgan fingerprint density at radius 1 is 0.526 bits per heavy atom. The monoisotopic (exact) mass is 1170 g/mol. The van der Waals surface area contributed by atoms with E-state index in [0.717, 1.165) is 33.0 Å². The molecule has 12 aromatic rings. The zero-order valence-corrected chi connectivity index (χ0v) is 43.4. The summed E-state index contributed by atoms with van der Waals surface area (Å²) in [6, 6.07) is 53.4. The van der Waals surface area contributed by atoms with Crippen molar-refractivity contribution >= 4 is 44.6 Å². The van der Waals surface area contributed by atoms with Gasteiger partial charge < -0.3 is 19.1 Å². The molecule has 0 amide bonds. The Kier molecular flexibility index (Phi) is 9.95. The third-order valence-electron chi connectivity index (χ3n) is 13.1. The van der Waals surface area contributed by atoms with Crippen LogP contribution in [0.5, 0.6) is 11.5 Å². The van der Waals surface area contributed by atoms with Crippen molar-refractivity contribution in [1.82, 2.24) is 24.5 Å². The van der Waals surface area contributed by atoms with Crippen molar-refractivity contribution < 1.29 is 39.5 Å². The summed E-state index contributed by atoms with van der Waals surface area (Å²) in [6.45, 7) is 8.02. The molecule has 0 bridgehead atoms. The van der Waals surface area contributed by atoms with Crippen molar-refractivity contribution in [2.24, 2.45) is 0 Å². The number of fused-ring (bicyclic) bond motifs is 4. The van der Waals surface area contributed by atoms with Gasteiger partial charge in [0.05, 0.1) is 13.7 Å². The van der Waals surface area contributed by atoms with Crippen molar-refractivity contribution in [1.29, 1.82) is 0 Å². The summed E-state index contributed by atoms with van der Waals surface area (Å²) in [4.78, 5) is 23.8.